The third-order valence-electron chi connectivity index (χ3n) is 1.11. The number of nitrogens with two attached hydrogens (primary N) is 1. The van der Waals surface area contributed by atoms with Crippen LogP contribution in [0.15, 0.2) is 6.08 Å². The molecule has 0 saturated heterocycles. The lowest BCUT2D eigenvalue weighted by Crippen LogP contribution is -1.97. The number of halogens is 1. The van der Waals surface area contributed by atoms with Crippen molar-refractivity contribution in [2.75, 3.05) is 12.3 Å². The number of hydrogen-bond acceptors (Lipinski definition) is 6. The van der Waals surface area contributed by atoms with Crippen molar-refractivity contribution in [2.45, 2.75) is 6.92 Å². The van der Waals surface area contributed by atoms with Gasteiger partial charge in [0.25, 0.3) is 0 Å². The van der Waals surface area contributed by atoms with Crippen molar-refractivity contribution in [3.63, 3.8) is 0 Å². The molecule has 0 aromatic carbocycles. The minimum Gasteiger partial charge on any atom is -0.462 e. The van der Waals surface area contributed by atoms with Crippen LogP contribution in [-0.4, -0.2) is 21.9 Å². The highest BCUT2D eigenvalue weighted by molar-refractivity contribution is 7.09. The van der Waals surface area contributed by atoms with E-state index in [1.165, 1.54) is 6.92 Å². The minimum atomic E-state index is -0.310. The Bertz CT molecular complexity index is 326. The van der Waals surface area contributed by atoms with Gasteiger partial charge in [-0.1, -0.05) is 0 Å². The van der Waals surface area contributed by atoms with Crippen LogP contribution >= 0.6 is 23.9 Å². The van der Waals surface area contributed by atoms with Gasteiger partial charge in [-0.05, 0) is 12.2 Å². The Morgan fingerprint density at radius 2 is 2.43 bits per heavy atom. The maximum atomic E-state index is 10.4. The standard InChI is InChI=1S/C7H9N3O2S.ClH/c1-5(11)12-4-2-3-6-9-7(8)13-10-6;/h2-3H,4H2,1H3,(H2,8,9,10);1H. The molecule has 1 aromatic heterocycles. The van der Waals surface area contributed by atoms with E-state index >= 15 is 0 Å². The average Bonchev–Trinajstić information content (AvgIpc) is 2.45. The van der Waals surface area contributed by atoms with Gasteiger partial charge < -0.3 is 10.5 Å². The third kappa shape index (κ3) is 4.78. The van der Waals surface area contributed by atoms with Crippen LogP contribution < -0.4 is 5.73 Å². The quantitative estimate of drug-likeness (QED) is 0.795. The van der Waals surface area contributed by atoms with E-state index in [0.717, 1.165) is 11.5 Å². The molecule has 1 rings (SSSR count). The Morgan fingerprint density at radius 1 is 1.71 bits per heavy atom. The SMILES string of the molecule is CC(=O)OCC=Cc1nsc(N)n1.Cl. The number of carbonyl (C=O) groups excluding carboxylic acids is 1. The highest BCUT2D eigenvalue weighted by Crippen LogP contribution is 2.06. The van der Waals surface area contributed by atoms with Crippen LogP contribution in [0.3, 0.4) is 0 Å². The number of rotatable bonds is 3. The molecular formula is C7H10ClN3O2S. The van der Waals surface area contributed by atoms with Gasteiger partial charge >= 0.3 is 5.97 Å². The largest absolute Gasteiger partial charge is 0.462 e. The van der Waals surface area contributed by atoms with Crippen molar-refractivity contribution in [1.82, 2.24) is 9.36 Å². The Balaban J connectivity index is 0.00000169. The summed E-state index contributed by atoms with van der Waals surface area (Å²) in [4.78, 5) is 14.2. The second-order valence-electron chi connectivity index (χ2n) is 2.20. The molecule has 0 atom stereocenters. The van der Waals surface area contributed by atoms with Crippen LogP contribution in [0, 0.1) is 0 Å². The average molecular weight is 236 g/mol. The van der Waals surface area contributed by atoms with Gasteiger partial charge in [0.05, 0.1) is 0 Å². The van der Waals surface area contributed by atoms with Crippen LogP contribution in [0.1, 0.15) is 12.7 Å². The second kappa shape index (κ2) is 6.33. The number of anilines is 1. The first-order chi connectivity index (χ1) is 6.18. The van der Waals surface area contributed by atoms with Gasteiger partial charge in [0.2, 0.25) is 0 Å². The zero-order valence-electron chi connectivity index (χ0n) is 7.47. The molecule has 1 heterocycles. The number of carbonyl (C=O) groups is 1. The maximum absolute atomic E-state index is 10.4. The van der Waals surface area contributed by atoms with Crippen LogP contribution in [0.4, 0.5) is 5.13 Å². The zero-order chi connectivity index (χ0) is 9.68. The van der Waals surface area contributed by atoms with Crippen molar-refractivity contribution < 1.29 is 9.53 Å². The summed E-state index contributed by atoms with van der Waals surface area (Å²) in [5.74, 6) is 0.227. The van der Waals surface area contributed by atoms with Gasteiger partial charge in [-0.15, -0.1) is 12.4 Å². The topological polar surface area (TPSA) is 78.1 Å². The number of esters is 1. The first-order valence-corrected chi connectivity index (χ1v) is 4.35. The Labute approximate surface area is 91.6 Å². The fourth-order valence-electron chi connectivity index (χ4n) is 0.634. The lowest BCUT2D eigenvalue weighted by atomic mass is 10.5. The van der Waals surface area contributed by atoms with Gasteiger partial charge in [-0.2, -0.15) is 9.36 Å². The Morgan fingerprint density at radius 3 is 2.93 bits per heavy atom. The number of hydrogen-bond donors (Lipinski definition) is 1. The van der Waals surface area contributed by atoms with E-state index in [2.05, 4.69) is 14.1 Å². The summed E-state index contributed by atoms with van der Waals surface area (Å²) in [5.41, 5.74) is 5.36. The fraction of sp³-hybridized carbons (Fsp3) is 0.286. The molecule has 0 aliphatic rings. The van der Waals surface area contributed by atoms with Crippen LogP contribution in [-0.2, 0) is 9.53 Å². The summed E-state index contributed by atoms with van der Waals surface area (Å²) in [6.45, 7) is 1.58. The van der Waals surface area contributed by atoms with E-state index in [9.17, 15) is 4.79 Å². The van der Waals surface area contributed by atoms with E-state index in [-0.39, 0.29) is 25.0 Å². The molecule has 0 saturated carbocycles. The zero-order valence-corrected chi connectivity index (χ0v) is 9.10. The summed E-state index contributed by atoms with van der Waals surface area (Å²) in [7, 11) is 0. The highest BCUT2D eigenvalue weighted by Gasteiger charge is 1.94. The summed E-state index contributed by atoms with van der Waals surface area (Å²) < 4.78 is 8.57. The molecule has 5 nitrogen and oxygen atoms in total. The molecule has 0 unspecified atom stereocenters. The van der Waals surface area contributed by atoms with Crippen molar-refractivity contribution in [1.29, 1.82) is 0 Å². The lowest BCUT2D eigenvalue weighted by molar-refractivity contribution is -0.139. The summed E-state index contributed by atoms with van der Waals surface area (Å²) in [6, 6.07) is 0. The minimum absolute atomic E-state index is 0. The van der Waals surface area contributed by atoms with Crippen molar-refractivity contribution >= 4 is 41.1 Å². The molecule has 0 aliphatic heterocycles. The van der Waals surface area contributed by atoms with Crippen molar-refractivity contribution in [2.24, 2.45) is 0 Å². The number of aromatic nitrogens is 2. The molecule has 7 heteroatoms. The molecule has 0 radical (unpaired) electrons. The Hall–Kier alpha value is -1.14. The van der Waals surface area contributed by atoms with Crippen LogP contribution in [0.5, 0.6) is 0 Å². The lowest BCUT2D eigenvalue weighted by Gasteiger charge is -1.92. The molecule has 0 aliphatic carbocycles. The number of ether oxygens (including phenoxy) is 1. The molecule has 14 heavy (non-hydrogen) atoms. The maximum Gasteiger partial charge on any atom is 0.302 e. The van der Waals surface area contributed by atoms with Gasteiger partial charge in [0.15, 0.2) is 11.0 Å². The molecule has 0 spiro atoms. The molecule has 0 amide bonds. The van der Waals surface area contributed by atoms with E-state index < -0.39 is 0 Å². The van der Waals surface area contributed by atoms with E-state index in [1.807, 2.05) is 0 Å². The van der Waals surface area contributed by atoms with Gasteiger partial charge in [0, 0.05) is 18.5 Å². The van der Waals surface area contributed by atoms with Gasteiger partial charge in [0.1, 0.15) is 6.61 Å². The van der Waals surface area contributed by atoms with Gasteiger partial charge in [-0.3, -0.25) is 4.79 Å². The van der Waals surface area contributed by atoms with Crippen molar-refractivity contribution in [3.8, 4) is 0 Å². The van der Waals surface area contributed by atoms with E-state index in [1.54, 1.807) is 12.2 Å². The van der Waals surface area contributed by atoms with E-state index in [4.69, 9.17) is 5.73 Å². The predicted octanol–water partition coefficient (Wildman–Crippen LogP) is 1.12. The molecule has 0 bridgehead atoms. The molecular weight excluding hydrogens is 226 g/mol. The molecule has 1 aromatic rings. The van der Waals surface area contributed by atoms with Crippen LogP contribution in [0.2, 0.25) is 0 Å². The fourth-order valence-corrected chi connectivity index (χ4v) is 1.06. The summed E-state index contributed by atoms with van der Waals surface area (Å²) in [5, 5.41) is 0.423. The smallest absolute Gasteiger partial charge is 0.302 e. The number of nitrogens with zero attached hydrogens (tertiary/aromatic N) is 2. The first kappa shape index (κ1) is 12.9. The van der Waals surface area contributed by atoms with Crippen molar-refractivity contribution in [3.05, 3.63) is 11.9 Å². The highest BCUT2D eigenvalue weighted by atomic mass is 35.5. The summed E-state index contributed by atoms with van der Waals surface area (Å²) in [6.07, 6.45) is 3.30. The summed E-state index contributed by atoms with van der Waals surface area (Å²) >= 11 is 1.13. The third-order valence-corrected chi connectivity index (χ3v) is 1.66. The molecule has 0 fully saturated rings. The Kier molecular flexibility index (Phi) is 5.82. The number of nitrogen functional groups attached to an aromatic ring is 1. The molecule has 2 N–H and O–H groups in total. The predicted molar refractivity (Wildman–Crippen MR) is 57.2 cm³/mol. The van der Waals surface area contributed by atoms with E-state index in [0.29, 0.717) is 11.0 Å². The normalized spacial score (nSPS) is 9.79. The molecule has 78 valence electrons. The van der Waals surface area contributed by atoms with Gasteiger partial charge in [-0.25, -0.2) is 0 Å². The monoisotopic (exact) mass is 235 g/mol. The first-order valence-electron chi connectivity index (χ1n) is 3.57. The second-order valence-corrected chi connectivity index (χ2v) is 2.98. The van der Waals surface area contributed by atoms with Crippen LogP contribution in [0.25, 0.3) is 6.08 Å².